The van der Waals surface area contributed by atoms with Crippen LogP contribution in [0.25, 0.3) is 0 Å². The number of amides is 1. The number of carbonyl (C=O) groups excluding carboxylic acids is 1. The normalized spacial score (nSPS) is 21.2. The largest absolute Gasteiger partial charge is 0.437 e. The Morgan fingerprint density at radius 1 is 1.03 bits per heavy atom. The van der Waals surface area contributed by atoms with Gasteiger partial charge in [0.1, 0.15) is 11.4 Å². The Hall–Kier alpha value is -2.47. The molecule has 0 saturated carbocycles. The molecule has 1 aromatic heterocycles. The van der Waals surface area contributed by atoms with Gasteiger partial charge in [0.2, 0.25) is 11.8 Å². The van der Waals surface area contributed by atoms with Gasteiger partial charge in [-0.1, -0.05) is 17.7 Å². The van der Waals surface area contributed by atoms with Crippen LogP contribution in [-0.2, 0) is 4.79 Å². The SMILES string of the molecule is CC(=O)N1CCC(N2CCCC(c3nccnc3Oc3ccc(C)cc3)C2)CC1. The van der Waals surface area contributed by atoms with E-state index >= 15 is 0 Å². The molecule has 2 aromatic rings. The maximum Gasteiger partial charge on any atom is 0.241 e. The Bertz CT molecular complexity index is 831. The van der Waals surface area contributed by atoms with Crippen LogP contribution in [0.3, 0.4) is 0 Å². The zero-order valence-corrected chi connectivity index (χ0v) is 17.4. The molecule has 6 nitrogen and oxygen atoms in total. The number of carbonyl (C=O) groups is 1. The maximum absolute atomic E-state index is 11.6. The van der Waals surface area contributed by atoms with Crippen LogP contribution in [0.15, 0.2) is 36.7 Å². The predicted molar refractivity (Wildman–Crippen MR) is 112 cm³/mol. The summed E-state index contributed by atoms with van der Waals surface area (Å²) in [6.45, 7) is 7.57. The molecule has 29 heavy (non-hydrogen) atoms. The smallest absolute Gasteiger partial charge is 0.241 e. The highest BCUT2D eigenvalue weighted by Gasteiger charge is 2.32. The second-order valence-electron chi connectivity index (χ2n) is 8.23. The van der Waals surface area contributed by atoms with E-state index in [1.807, 2.05) is 29.2 Å². The van der Waals surface area contributed by atoms with Gasteiger partial charge < -0.3 is 9.64 Å². The fourth-order valence-electron chi connectivity index (χ4n) is 4.52. The van der Waals surface area contributed by atoms with Crippen LogP contribution in [0.2, 0.25) is 0 Å². The molecule has 0 radical (unpaired) electrons. The van der Waals surface area contributed by atoms with Crippen molar-refractivity contribution < 1.29 is 9.53 Å². The quantitative estimate of drug-likeness (QED) is 0.790. The van der Waals surface area contributed by atoms with E-state index in [0.29, 0.717) is 17.8 Å². The summed E-state index contributed by atoms with van der Waals surface area (Å²) in [5.74, 6) is 1.93. The Balaban J connectivity index is 1.45. The van der Waals surface area contributed by atoms with Crippen LogP contribution in [0, 0.1) is 6.92 Å². The summed E-state index contributed by atoms with van der Waals surface area (Å²) in [6, 6.07) is 8.59. The lowest BCUT2D eigenvalue weighted by Crippen LogP contribution is -2.49. The number of likely N-dealkylation sites (tertiary alicyclic amines) is 2. The van der Waals surface area contributed by atoms with Crippen LogP contribution in [-0.4, -0.2) is 57.9 Å². The Labute approximate surface area is 172 Å². The van der Waals surface area contributed by atoms with Crippen LogP contribution in [0.4, 0.5) is 0 Å². The van der Waals surface area contributed by atoms with E-state index < -0.39 is 0 Å². The lowest BCUT2D eigenvalue weighted by molar-refractivity contribution is -0.130. The van der Waals surface area contributed by atoms with Gasteiger partial charge in [0.15, 0.2) is 0 Å². The number of benzene rings is 1. The molecular formula is C23H30N4O2. The summed E-state index contributed by atoms with van der Waals surface area (Å²) in [5.41, 5.74) is 2.16. The van der Waals surface area contributed by atoms with E-state index in [-0.39, 0.29) is 5.91 Å². The first-order valence-corrected chi connectivity index (χ1v) is 10.6. The molecule has 154 valence electrons. The van der Waals surface area contributed by atoms with Crippen LogP contribution in [0.5, 0.6) is 11.6 Å². The molecule has 2 saturated heterocycles. The van der Waals surface area contributed by atoms with Gasteiger partial charge in [-0.05, 0) is 51.3 Å². The van der Waals surface area contributed by atoms with Gasteiger partial charge in [0.25, 0.3) is 0 Å². The zero-order chi connectivity index (χ0) is 20.2. The highest BCUT2D eigenvalue weighted by molar-refractivity contribution is 5.73. The number of aryl methyl sites for hydroxylation is 1. The van der Waals surface area contributed by atoms with Gasteiger partial charge in [-0.3, -0.25) is 14.7 Å². The molecule has 3 heterocycles. The summed E-state index contributed by atoms with van der Waals surface area (Å²) in [4.78, 5) is 25.3. The molecule has 1 unspecified atom stereocenters. The van der Waals surface area contributed by atoms with Crippen molar-refractivity contribution in [1.82, 2.24) is 19.8 Å². The fraction of sp³-hybridized carbons (Fsp3) is 0.522. The van der Waals surface area contributed by atoms with Crippen molar-refractivity contribution in [1.29, 1.82) is 0 Å². The van der Waals surface area contributed by atoms with Crippen molar-refractivity contribution in [2.75, 3.05) is 26.2 Å². The second-order valence-corrected chi connectivity index (χ2v) is 8.23. The minimum Gasteiger partial charge on any atom is -0.437 e. The number of rotatable bonds is 4. The number of hydrogen-bond acceptors (Lipinski definition) is 5. The monoisotopic (exact) mass is 394 g/mol. The van der Waals surface area contributed by atoms with E-state index in [2.05, 4.69) is 21.8 Å². The third kappa shape index (κ3) is 4.75. The summed E-state index contributed by atoms with van der Waals surface area (Å²) >= 11 is 0. The highest BCUT2D eigenvalue weighted by atomic mass is 16.5. The number of aromatic nitrogens is 2. The average Bonchev–Trinajstić information content (AvgIpc) is 2.76. The van der Waals surface area contributed by atoms with Crippen molar-refractivity contribution in [3.63, 3.8) is 0 Å². The first-order valence-electron chi connectivity index (χ1n) is 10.6. The summed E-state index contributed by atoms with van der Waals surface area (Å²) in [6.07, 6.45) is 7.83. The third-order valence-electron chi connectivity index (χ3n) is 6.19. The van der Waals surface area contributed by atoms with Crippen molar-refractivity contribution in [2.45, 2.75) is 51.5 Å². The molecule has 1 atom stereocenters. The number of hydrogen-bond donors (Lipinski definition) is 0. The van der Waals surface area contributed by atoms with Gasteiger partial charge >= 0.3 is 0 Å². The lowest BCUT2D eigenvalue weighted by Gasteiger charge is -2.42. The van der Waals surface area contributed by atoms with Gasteiger partial charge in [0, 0.05) is 50.9 Å². The lowest BCUT2D eigenvalue weighted by atomic mass is 9.91. The first kappa shape index (κ1) is 19.8. The fourth-order valence-corrected chi connectivity index (χ4v) is 4.52. The molecule has 2 fully saturated rings. The molecule has 4 rings (SSSR count). The van der Waals surface area contributed by atoms with Crippen molar-refractivity contribution >= 4 is 5.91 Å². The minimum atomic E-state index is 0.192. The van der Waals surface area contributed by atoms with Crippen molar-refractivity contribution in [3.8, 4) is 11.6 Å². The second kappa shape index (κ2) is 8.91. The molecule has 0 spiro atoms. The molecule has 0 bridgehead atoms. The molecule has 1 aromatic carbocycles. The van der Waals surface area contributed by atoms with Gasteiger partial charge in [0.05, 0.1) is 0 Å². The topological polar surface area (TPSA) is 58.6 Å². The zero-order valence-electron chi connectivity index (χ0n) is 17.4. The van der Waals surface area contributed by atoms with E-state index in [9.17, 15) is 4.79 Å². The third-order valence-corrected chi connectivity index (χ3v) is 6.19. The summed E-state index contributed by atoms with van der Waals surface area (Å²) < 4.78 is 6.10. The van der Waals surface area contributed by atoms with Crippen LogP contribution >= 0.6 is 0 Å². The highest BCUT2D eigenvalue weighted by Crippen LogP contribution is 2.34. The molecule has 1 amide bonds. The van der Waals surface area contributed by atoms with E-state index in [0.717, 1.165) is 63.3 Å². The average molecular weight is 395 g/mol. The Kier molecular flexibility index (Phi) is 6.09. The first-order chi connectivity index (χ1) is 14.1. The number of nitrogens with zero attached hydrogens (tertiary/aromatic N) is 4. The standard InChI is InChI=1S/C23H30N4O2/c1-17-5-7-21(8-6-17)29-23-22(24-11-12-25-23)19-4-3-13-27(16-19)20-9-14-26(15-10-20)18(2)28/h5-8,11-12,19-20H,3-4,9-10,13-16H2,1-2H3. The Morgan fingerprint density at radius 3 is 2.48 bits per heavy atom. The summed E-state index contributed by atoms with van der Waals surface area (Å²) in [7, 11) is 0. The molecule has 2 aliphatic rings. The van der Waals surface area contributed by atoms with Gasteiger partial charge in [-0.2, -0.15) is 0 Å². The molecule has 2 aliphatic heterocycles. The van der Waals surface area contributed by atoms with Crippen molar-refractivity contribution in [2.24, 2.45) is 0 Å². The Morgan fingerprint density at radius 2 is 1.76 bits per heavy atom. The van der Waals surface area contributed by atoms with Gasteiger partial charge in [-0.25, -0.2) is 4.98 Å². The maximum atomic E-state index is 11.6. The van der Waals surface area contributed by atoms with Crippen LogP contribution in [0.1, 0.15) is 49.8 Å². The molecule has 6 heteroatoms. The molecule has 0 aliphatic carbocycles. The van der Waals surface area contributed by atoms with E-state index in [4.69, 9.17) is 4.74 Å². The number of ether oxygens (including phenoxy) is 1. The molecule has 0 N–H and O–H groups in total. The predicted octanol–water partition coefficient (Wildman–Crippen LogP) is 3.77. The van der Waals surface area contributed by atoms with Crippen molar-refractivity contribution in [3.05, 3.63) is 47.9 Å². The number of piperidine rings is 2. The van der Waals surface area contributed by atoms with E-state index in [1.54, 1.807) is 19.3 Å². The minimum absolute atomic E-state index is 0.192. The van der Waals surface area contributed by atoms with E-state index in [1.165, 1.54) is 5.56 Å². The van der Waals surface area contributed by atoms with Crippen LogP contribution < -0.4 is 4.74 Å². The van der Waals surface area contributed by atoms with Gasteiger partial charge in [-0.15, -0.1) is 0 Å². The summed E-state index contributed by atoms with van der Waals surface area (Å²) in [5, 5.41) is 0. The molecular weight excluding hydrogens is 364 g/mol.